The van der Waals surface area contributed by atoms with Gasteiger partial charge in [-0.2, -0.15) is 0 Å². The first-order valence-corrected chi connectivity index (χ1v) is 4.45. The number of nitrogens with one attached hydrogen (secondary N) is 1. The van der Waals surface area contributed by atoms with Gasteiger partial charge in [-0.15, -0.1) is 0 Å². The van der Waals surface area contributed by atoms with Crippen LogP contribution in [0.4, 0.5) is 0 Å². The Bertz CT molecular complexity index is 338. The van der Waals surface area contributed by atoms with Gasteiger partial charge in [0.15, 0.2) is 0 Å². The first-order valence-electron chi connectivity index (χ1n) is 3.66. The van der Waals surface area contributed by atoms with Crippen molar-refractivity contribution in [3.05, 3.63) is 28.0 Å². The molecule has 0 aromatic carbocycles. The largest absolute Gasteiger partial charge is 0.352 e. The summed E-state index contributed by atoms with van der Waals surface area (Å²) in [6, 6.07) is 1.90. The van der Waals surface area contributed by atoms with Crippen LogP contribution in [0.2, 0.25) is 0 Å². The number of fused-ring (bicyclic) bond motifs is 1. The van der Waals surface area contributed by atoms with Crippen LogP contribution < -0.4 is 5.32 Å². The van der Waals surface area contributed by atoms with Crippen LogP contribution in [0.5, 0.6) is 0 Å². The molecule has 1 aromatic rings. The van der Waals surface area contributed by atoms with Crippen LogP contribution in [0.15, 0.2) is 16.9 Å². The van der Waals surface area contributed by atoms with Gasteiger partial charge in [-0.3, -0.25) is 4.79 Å². The minimum Gasteiger partial charge on any atom is -0.352 e. The molecule has 0 unspecified atom stereocenters. The second-order valence-corrected chi connectivity index (χ2v) is 3.54. The Morgan fingerprint density at radius 3 is 3.17 bits per heavy atom. The van der Waals surface area contributed by atoms with Crippen molar-refractivity contribution in [3.63, 3.8) is 0 Å². The Balaban J connectivity index is 2.44. The number of carbonyl (C=O) groups is 1. The molecule has 2 rings (SSSR count). The van der Waals surface area contributed by atoms with E-state index in [1.165, 1.54) is 0 Å². The van der Waals surface area contributed by atoms with E-state index in [4.69, 9.17) is 0 Å². The zero-order valence-electron chi connectivity index (χ0n) is 6.30. The van der Waals surface area contributed by atoms with E-state index in [9.17, 15) is 4.79 Å². The number of carbonyl (C=O) groups excluding carboxylic acids is 1. The quantitative estimate of drug-likeness (QED) is 0.672. The van der Waals surface area contributed by atoms with E-state index in [0.717, 1.165) is 15.7 Å². The standard InChI is InChI=1S/C8H7BrN2O/c9-7-1-5-2-8(12)11-4-6(5)3-10-7/h1,3H,2,4H2,(H,11,12). The highest BCUT2D eigenvalue weighted by Gasteiger charge is 2.14. The minimum absolute atomic E-state index is 0.0839. The maximum atomic E-state index is 11.0. The van der Waals surface area contributed by atoms with E-state index in [0.29, 0.717) is 13.0 Å². The predicted molar refractivity (Wildman–Crippen MR) is 47.5 cm³/mol. The molecule has 2 heterocycles. The summed E-state index contributed by atoms with van der Waals surface area (Å²) < 4.78 is 0.788. The molecule has 3 nitrogen and oxygen atoms in total. The van der Waals surface area contributed by atoms with Gasteiger partial charge in [0, 0.05) is 12.7 Å². The van der Waals surface area contributed by atoms with Gasteiger partial charge in [0.05, 0.1) is 6.42 Å². The average molecular weight is 227 g/mol. The van der Waals surface area contributed by atoms with Gasteiger partial charge in [0.2, 0.25) is 5.91 Å². The van der Waals surface area contributed by atoms with Crippen molar-refractivity contribution in [2.75, 3.05) is 0 Å². The Labute approximate surface area is 78.3 Å². The summed E-state index contributed by atoms with van der Waals surface area (Å²) in [5.74, 6) is 0.0839. The molecule has 0 bridgehead atoms. The molecule has 0 aliphatic carbocycles. The number of halogens is 1. The number of aromatic nitrogens is 1. The SMILES string of the molecule is O=C1Cc2cc(Br)ncc2CN1. The number of hydrogen-bond donors (Lipinski definition) is 1. The molecular formula is C8H7BrN2O. The molecule has 1 N–H and O–H groups in total. The molecule has 1 aromatic heterocycles. The van der Waals surface area contributed by atoms with Crippen molar-refractivity contribution in [1.29, 1.82) is 0 Å². The van der Waals surface area contributed by atoms with Crippen LogP contribution in [0.25, 0.3) is 0 Å². The zero-order chi connectivity index (χ0) is 8.55. The van der Waals surface area contributed by atoms with Gasteiger partial charge >= 0.3 is 0 Å². The van der Waals surface area contributed by atoms with Gasteiger partial charge in [0.25, 0.3) is 0 Å². The maximum absolute atomic E-state index is 11.0. The van der Waals surface area contributed by atoms with Crippen LogP contribution in [-0.4, -0.2) is 10.9 Å². The van der Waals surface area contributed by atoms with E-state index in [1.807, 2.05) is 6.07 Å². The van der Waals surface area contributed by atoms with Gasteiger partial charge in [-0.25, -0.2) is 4.98 Å². The molecule has 0 saturated heterocycles. The summed E-state index contributed by atoms with van der Waals surface area (Å²) in [6.07, 6.45) is 2.26. The molecule has 4 heteroatoms. The molecule has 62 valence electrons. The lowest BCUT2D eigenvalue weighted by Crippen LogP contribution is -2.30. The highest BCUT2D eigenvalue weighted by Crippen LogP contribution is 2.16. The van der Waals surface area contributed by atoms with Gasteiger partial charge in [-0.1, -0.05) is 0 Å². The minimum atomic E-state index is 0.0839. The maximum Gasteiger partial charge on any atom is 0.224 e. The molecule has 1 aliphatic heterocycles. The van der Waals surface area contributed by atoms with E-state index in [-0.39, 0.29) is 5.91 Å². The first kappa shape index (κ1) is 7.73. The average Bonchev–Trinajstić information content (AvgIpc) is 2.03. The third-order valence-corrected chi connectivity index (χ3v) is 2.31. The number of amides is 1. The smallest absolute Gasteiger partial charge is 0.224 e. The molecule has 0 atom stereocenters. The van der Waals surface area contributed by atoms with Gasteiger partial charge in [0.1, 0.15) is 4.60 Å². The lowest BCUT2D eigenvalue weighted by Gasteiger charge is -2.15. The van der Waals surface area contributed by atoms with E-state index >= 15 is 0 Å². The fourth-order valence-corrected chi connectivity index (χ4v) is 1.63. The van der Waals surface area contributed by atoms with E-state index in [2.05, 4.69) is 26.2 Å². The number of hydrogen-bond acceptors (Lipinski definition) is 2. The number of nitrogens with zero attached hydrogens (tertiary/aromatic N) is 1. The summed E-state index contributed by atoms with van der Waals surface area (Å²) in [6.45, 7) is 0.606. The summed E-state index contributed by atoms with van der Waals surface area (Å²) >= 11 is 3.27. The normalized spacial score (nSPS) is 15.2. The fraction of sp³-hybridized carbons (Fsp3) is 0.250. The van der Waals surface area contributed by atoms with Gasteiger partial charge in [-0.05, 0) is 33.1 Å². The lowest BCUT2D eigenvalue weighted by molar-refractivity contribution is -0.121. The highest BCUT2D eigenvalue weighted by molar-refractivity contribution is 9.10. The van der Waals surface area contributed by atoms with Crippen molar-refractivity contribution in [3.8, 4) is 0 Å². The van der Waals surface area contributed by atoms with Crippen molar-refractivity contribution in [2.24, 2.45) is 0 Å². The molecule has 0 radical (unpaired) electrons. The summed E-state index contributed by atoms with van der Waals surface area (Å²) in [7, 11) is 0. The fourth-order valence-electron chi connectivity index (χ4n) is 1.25. The zero-order valence-corrected chi connectivity index (χ0v) is 7.89. The van der Waals surface area contributed by atoms with Crippen molar-refractivity contribution in [1.82, 2.24) is 10.3 Å². The van der Waals surface area contributed by atoms with Gasteiger partial charge < -0.3 is 5.32 Å². The Kier molecular flexibility index (Phi) is 1.84. The first-order chi connectivity index (χ1) is 5.75. The van der Waals surface area contributed by atoms with Crippen molar-refractivity contribution in [2.45, 2.75) is 13.0 Å². The summed E-state index contributed by atoms with van der Waals surface area (Å²) in [5, 5.41) is 2.76. The van der Waals surface area contributed by atoms with Crippen LogP contribution in [0, 0.1) is 0 Å². The molecule has 0 fully saturated rings. The van der Waals surface area contributed by atoms with E-state index in [1.54, 1.807) is 6.20 Å². The molecule has 0 spiro atoms. The number of rotatable bonds is 0. The lowest BCUT2D eigenvalue weighted by atomic mass is 10.0. The van der Waals surface area contributed by atoms with Crippen molar-refractivity contribution < 1.29 is 4.79 Å². The molecular weight excluding hydrogens is 220 g/mol. The van der Waals surface area contributed by atoms with Crippen LogP contribution in [-0.2, 0) is 17.8 Å². The third kappa shape index (κ3) is 1.34. The topological polar surface area (TPSA) is 42.0 Å². The second kappa shape index (κ2) is 2.86. The predicted octanol–water partition coefficient (Wildman–Crippen LogP) is 1.02. The van der Waals surface area contributed by atoms with E-state index < -0.39 is 0 Å². The summed E-state index contributed by atoms with van der Waals surface area (Å²) in [4.78, 5) is 15.1. The summed E-state index contributed by atoms with van der Waals surface area (Å²) in [5.41, 5.74) is 2.18. The molecule has 1 aliphatic rings. The molecule has 12 heavy (non-hydrogen) atoms. The Morgan fingerprint density at radius 1 is 1.50 bits per heavy atom. The Hall–Kier alpha value is -0.900. The second-order valence-electron chi connectivity index (χ2n) is 2.73. The van der Waals surface area contributed by atoms with Crippen molar-refractivity contribution >= 4 is 21.8 Å². The third-order valence-electron chi connectivity index (χ3n) is 1.88. The van der Waals surface area contributed by atoms with Crippen LogP contribution in [0.3, 0.4) is 0 Å². The Morgan fingerprint density at radius 2 is 2.33 bits per heavy atom. The molecule has 0 saturated carbocycles. The monoisotopic (exact) mass is 226 g/mol. The van der Waals surface area contributed by atoms with Crippen LogP contribution in [0.1, 0.15) is 11.1 Å². The van der Waals surface area contributed by atoms with Crippen LogP contribution >= 0.6 is 15.9 Å². The highest BCUT2D eigenvalue weighted by atomic mass is 79.9. The number of pyridine rings is 1. The molecule has 1 amide bonds.